The Morgan fingerprint density at radius 3 is 2.71 bits per heavy atom. The quantitative estimate of drug-likeness (QED) is 0.906. The summed E-state index contributed by atoms with van der Waals surface area (Å²) in [5, 5.41) is 5.88. The van der Waals surface area contributed by atoms with Gasteiger partial charge in [-0.25, -0.2) is 0 Å². The highest BCUT2D eigenvalue weighted by Crippen LogP contribution is 2.31. The molecule has 17 heavy (non-hydrogen) atoms. The summed E-state index contributed by atoms with van der Waals surface area (Å²) in [6.07, 6.45) is 0. The van der Waals surface area contributed by atoms with Crippen LogP contribution in [-0.4, -0.2) is 16.7 Å². The van der Waals surface area contributed by atoms with E-state index in [9.17, 15) is 0 Å². The van der Waals surface area contributed by atoms with Crippen LogP contribution in [0.5, 0.6) is 5.75 Å². The Balaban J connectivity index is 2.51. The van der Waals surface area contributed by atoms with Crippen molar-refractivity contribution in [2.24, 2.45) is 5.73 Å². The van der Waals surface area contributed by atoms with Gasteiger partial charge in [0.05, 0.1) is 18.8 Å². The third kappa shape index (κ3) is 2.30. The molecule has 0 amide bonds. The van der Waals surface area contributed by atoms with E-state index in [0.717, 1.165) is 28.1 Å². The van der Waals surface area contributed by atoms with Crippen molar-refractivity contribution >= 4 is 11.5 Å². The average Bonchev–Trinajstić information content (AvgIpc) is 2.80. The summed E-state index contributed by atoms with van der Waals surface area (Å²) in [6, 6.07) is 3.80. The second-order valence-electron chi connectivity index (χ2n) is 4.01. The second-order valence-corrected chi connectivity index (χ2v) is 4.62. The molecule has 90 valence electrons. The first kappa shape index (κ1) is 12.0. The molecule has 2 N–H and O–H groups in total. The smallest absolute Gasteiger partial charge is 0.124 e. The van der Waals surface area contributed by atoms with Crippen LogP contribution >= 0.6 is 11.5 Å². The Hall–Kier alpha value is -1.46. The van der Waals surface area contributed by atoms with Gasteiger partial charge in [-0.3, -0.25) is 0 Å². The minimum absolute atomic E-state index is 0.288. The summed E-state index contributed by atoms with van der Waals surface area (Å²) in [7, 11) is 1.66. The van der Waals surface area contributed by atoms with E-state index in [-0.39, 0.29) is 6.04 Å². The van der Waals surface area contributed by atoms with E-state index in [1.165, 1.54) is 11.5 Å². The number of hydrogen-bond acceptors (Lipinski definition) is 5. The van der Waals surface area contributed by atoms with Crippen LogP contribution in [-0.2, 0) is 0 Å². The monoisotopic (exact) mass is 249 g/mol. The molecule has 1 aromatic carbocycles. The normalized spacial score (nSPS) is 12.5. The predicted octanol–water partition coefficient (Wildman–Crippen LogP) is 2.21. The number of aromatic nitrogens is 2. The molecule has 1 atom stereocenters. The molecule has 0 fully saturated rings. The molecular formula is C12H15N3OS. The molecule has 0 aliphatic heterocycles. The van der Waals surface area contributed by atoms with Crippen molar-refractivity contribution in [1.29, 1.82) is 0 Å². The molecule has 0 saturated carbocycles. The highest BCUT2D eigenvalue weighted by atomic mass is 32.1. The lowest BCUT2D eigenvalue weighted by Gasteiger charge is -2.17. The number of benzene rings is 1. The van der Waals surface area contributed by atoms with Crippen molar-refractivity contribution in [2.75, 3.05) is 7.11 Å². The molecule has 1 aromatic heterocycles. The highest BCUT2D eigenvalue weighted by molar-refractivity contribution is 7.03. The number of ether oxygens (including phenoxy) is 1. The van der Waals surface area contributed by atoms with E-state index in [4.69, 9.17) is 10.5 Å². The molecule has 2 aromatic rings. The molecule has 0 saturated heterocycles. The summed E-state index contributed by atoms with van der Waals surface area (Å²) in [6.45, 7) is 4.07. The molecule has 0 aliphatic carbocycles. The van der Waals surface area contributed by atoms with Gasteiger partial charge in [-0.05, 0) is 42.6 Å². The van der Waals surface area contributed by atoms with Crippen LogP contribution in [0.2, 0.25) is 0 Å². The molecule has 0 aliphatic rings. The third-order valence-electron chi connectivity index (χ3n) is 2.72. The lowest BCUT2D eigenvalue weighted by molar-refractivity contribution is 0.406. The Morgan fingerprint density at radius 2 is 2.12 bits per heavy atom. The summed E-state index contributed by atoms with van der Waals surface area (Å²) in [5.41, 5.74) is 10.2. The highest BCUT2D eigenvalue weighted by Gasteiger charge is 2.19. The summed E-state index contributed by atoms with van der Waals surface area (Å²) < 4.78 is 9.24. The maximum absolute atomic E-state index is 6.21. The average molecular weight is 249 g/mol. The van der Waals surface area contributed by atoms with Gasteiger partial charge in [0.25, 0.3) is 0 Å². The maximum atomic E-state index is 6.21. The van der Waals surface area contributed by atoms with Crippen LogP contribution in [0.1, 0.15) is 28.4 Å². The van der Waals surface area contributed by atoms with Gasteiger partial charge in [0.1, 0.15) is 5.75 Å². The van der Waals surface area contributed by atoms with Crippen molar-refractivity contribution in [3.8, 4) is 5.75 Å². The number of rotatable bonds is 3. The van der Waals surface area contributed by atoms with Crippen molar-refractivity contribution in [1.82, 2.24) is 9.59 Å². The molecule has 2 rings (SSSR count). The number of aryl methyl sites for hydroxylation is 2. The Morgan fingerprint density at radius 1 is 1.35 bits per heavy atom. The van der Waals surface area contributed by atoms with Gasteiger partial charge in [-0.2, -0.15) is 0 Å². The first-order chi connectivity index (χ1) is 8.13. The van der Waals surface area contributed by atoms with Gasteiger partial charge in [0.2, 0.25) is 0 Å². The van der Waals surface area contributed by atoms with Crippen LogP contribution in [0.3, 0.4) is 0 Å². The molecule has 4 nitrogen and oxygen atoms in total. The molecule has 0 spiro atoms. The Labute approximate surface area is 105 Å². The molecule has 0 bridgehead atoms. The lowest BCUT2D eigenvalue weighted by atomic mass is 9.97. The topological polar surface area (TPSA) is 61.0 Å². The van der Waals surface area contributed by atoms with Crippen molar-refractivity contribution in [2.45, 2.75) is 19.9 Å². The maximum Gasteiger partial charge on any atom is 0.124 e. The van der Waals surface area contributed by atoms with Crippen molar-refractivity contribution < 1.29 is 4.74 Å². The van der Waals surface area contributed by atoms with Gasteiger partial charge in [0, 0.05) is 10.9 Å². The number of nitrogens with zero attached hydrogens (tertiary/aromatic N) is 2. The zero-order chi connectivity index (χ0) is 12.4. The minimum atomic E-state index is -0.288. The van der Waals surface area contributed by atoms with E-state index < -0.39 is 0 Å². The number of nitrogens with two attached hydrogens (primary N) is 1. The zero-order valence-electron chi connectivity index (χ0n) is 10.1. The zero-order valence-corrected chi connectivity index (χ0v) is 10.9. The van der Waals surface area contributed by atoms with E-state index in [0.29, 0.717) is 0 Å². The summed E-state index contributed by atoms with van der Waals surface area (Å²) >= 11 is 1.30. The third-order valence-corrected chi connectivity index (χ3v) is 3.24. The van der Waals surface area contributed by atoms with Crippen LogP contribution in [0.15, 0.2) is 17.5 Å². The van der Waals surface area contributed by atoms with Gasteiger partial charge >= 0.3 is 0 Å². The minimum Gasteiger partial charge on any atom is -0.496 e. The first-order valence-corrected chi connectivity index (χ1v) is 6.14. The van der Waals surface area contributed by atoms with Crippen LogP contribution in [0, 0.1) is 13.8 Å². The standard InChI is InChI=1S/C12H15N3OS/c1-7-4-8(2)11(10(5-7)16-3)12(13)9-6-17-15-14-9/h4-6,12H,13H2,1-3H3. The molecule has 0 radical (unpaired) electrons. The Bertz CT molecular complexity index is 511. The number of hydrogen-bond donors (Lipinski definition) is 1. The van der Waals surface area contributed by atoms with Gasteiger partial charge in [-0.1, -0.05) is 10.6 Å². The fourth-order valence-electron chi connectivity index (χ4n) is 1.96. The molecule has 1 unspecified atom stereocenters. The summed E-state index contributed by atoms with van der Waals surface area (Å²) in [4.78, 5) is 0. The molecular weight excluding hydrogens is 234 g/mol. The van der Waals surface area contributed by atoms with E-state index in [2.05, 4.69) is 15.7 Å². The van der Waals surface area contributed by atoms with E-state index >= 15 is 0 Å². The Kier molecular flexibility index (Phi) is 3.40. The molecule has 5 heteroatoms. The van der Waals surface area contributed by atoms with Crippen molar-refractivity contribution in [3.63, 3.8) is 0 Å². The van der Waals surface area contributed by atoms with Crippen LogP contribution in [0.4, 0.5) is 0 Å². The van der Waals surface area contributed by atoms with Gasteiger partial charge in [-0.15, -0.1) is 5.10 Å². The number of methoxy groups -OCH3 is 1. The lowest BCUT2D eigenvalue weighted by Crippen LogP contribution is -2.15. The second kappa shape index (κ2) is 4.81. The van der Waals surface area contributed by atoms with Crippen molar-refractivity contribution in [3.05, 3.63) is 39.9 Å². The summed E-state index contributed by atoms with van der Waals surface area (Å²) in [5.74, 6) is 0.808. The first-order valence-electron chi connectivity index (χ1n) is 5.31. The van der Waals surface area contributed by atoms with E-state index in [1.54, 1.807) is 7.11 Å². The van der Waals surface area contributed by atoms with E-state index in [1.807, 2.05) is 25.3 Å². The van der Waals surface area contributed by atoms with Gasteiger partial charge < -0.3 is 10.5 Å². The van der Waals surface area contributed by atoms with Gasteiger partial charge in [0.15, 0.2) is 0 Å². The fourth-order valence-corrected chi connectivity index (χ4v) is 2.45. The SMILES string of the molecule is COc1cc(C)cc(C)c1C(N)c1csnn1. The predicted molar refractivity (Wildman–Crippen MR) is 68.4 cm³/mol. The van der Waals surface area contributed by atoms with Crippen LogP contribution < -0.4 is 10.5 Å². The fraction of sp³-hybridized carbons (Fsp3) is 0.333. The molecule has 1 heterocycles. The van der Waals surface area contributed by atoms with Crippen LogP contribution in [0.25, 0.3) is 0 Å². The largest absolute Gasteiger partial charge is 0.496 e.